The van der Waals surface area contributed by atoms with Crippen molar-refractivity contribution in [1.82, 2.24) is 15.5 Å². The van der Waals surface area contributed by atoms with Gasteiger partial charge in [0.2, 0.25) is 0 Å². The standard InChI is InChI=1S/C17H34N4O2S/c1-16(2,21-7-11-23-12-8-21)13-19-15(18-3)20-14-17(24-4)5-9-22-10-6-17/h5-14H2,1-4H3,(H2,18,19,20). The van der Waals surface area contributed by atoms with Gasteiger partial charge in [-0.15, -0.1) is 0 Å². The maximum atomic E-state index is 5.52. The van der Waals surface area contributed by atoms with Crippen LogP contribution in [0.4, 0.5) is 0 Å². The summed E-state index contributed by atoms with van der Waals surface area (Å²) in [5.74, 6) is 0.885. The van der Waals surface area contributed by atoms with Gasteiger partial charge in [0.1, 0.15) is 0 Å². The van der Waals surface area contributed by atoms with E-state index in [1.54, 1.807) is 0 Å². The van der Waals surface area contributed by atoms with E-state index in [4.69, 9.17) is 9.47 Å². The van der Waals surface area contributed by atoms with E-state index in [0.29, 0.717) is 0 Å². The van der Waals surface area contributed by atoms with Crippen LogP contribution in [0, 0.1) is 0 Å². The van der Waals surface area contributed by atoms with Crippen LogP contribution in [-0.2, 0) is 9.47 Å². The summed E-state index contributed by atoms with van der Waals surface area (Å²) in [6, 6.07) is 0. The van der Waals surface area contributed by atoms with Gasteiger partial charge in [0.25, 0.3) is 0 Å². The van der Waals surface area contributed by atoms with Crippen LogP contribution in [0.1, 0.15) is 26.7 Å². The molecule has 24 heavy (non-hydrogen) atoms. The summed E-state index contributed by atoms with van der Waals surface area (Å²) >= 11 is 1.94. The lowest BCUT2D eigenvalue weighted by Gasteiger charge is -2.41. The molecule has 140 valence electrons. The maximum absolute atomic E-state index is 5.52. The van der Waals surface area contributed by atoms with Gasteiger partial charge in [-0.05, 0) is 32.9 Å². The Kier molecular flexibility index (Phi) is 7.65. The molecule has 2 rings (SSSR count). The molecule has 2 N–H and O–H groups in total. The second-order valence-corrected chi connectivity index (χ2v) is 8.46. The number of nitrogens with zero attached hydrogens (tertiary/aromatic N) is 2. The third-order valence-electron chi connectivity index (χ3n) is 5.19. The lowest BCUT2D eigenvalue weighted by Crippen LogP contribution is -2.57. The molecule has 0 bridgehead atoms. The van der Waals surface area contributed by atoms with Gasteiger partial charge in [-0.2, -0.15) is 11.8 Å². The molecule has 0 aromatic rings. The SMILES string of the molecule is CN=C(NCC1(SC)CCOCC1)NCC(C)(C)N1CCOCC1. The van der Waals surface area contributed by atoms with Crippen LogP contribution < -0.4 is 10.6 Å². The molecular weight excluding hydrogens is 324 g/mol. The average molecular weight is 359 g/mol. The topological polar surface area (TPSA) is 58.1 Å². The highest BCUT2D eigenvalue weighted by atomic mass is 32.2. The molecule has 7 heteroatoms. The van der Waals surface area contributed by atoms with Crippen molar-refractivity contribution in [2.75, 3.05) is 65.9 Å². The third kappa shape index (κ3) is 5.51. The van der Waals surface area contributed by atoms with E-state index in [2.05, 4.69) is 40.6 Å². The van der Waals surface area contributed by atoms with Gasteiger partial charge in [-0.3, -0.25) is 9.89 Å². The summed E-state index contributed by atoms with van der Waals surface area (Å²) in [5.41, 5.74) is 0.0806. The van der Waals surface area contributed by atoms with Gasteiger partial charge in [0.05, 0.1) is 13.2 Å². The number of hydrogen-bond donors (Lipinski definition) is 2. The zero-order valence-electron chi connectivity index (χ0n) is 15.7. The van der Waals surface area contributed by atoms with E-state index in [1.807, 2.05) is 18.8 Å². The van der Waals surface area contributed by atoms with Crippen LogP contribution in [0.5, 0.6) is 0 Å². The van der Waals surface area contributed by atoms with Gasteiger partial charge in [0.15, 0.2) is 5.96 Å². The van der Waals surface area contributed by atoms with Crippen molar-refractivity contribution in [3.05, 3.63) is 0 Å². The number of aliphatic imine (C=N–C) groups is 1. The average Bonchev–Trinajstić information content (AvgIpc) is 2.63. The van der Waals surface area contributed by atoms with Gasteiger partial charge in [-0.1, -0.05) is 0 Å². The van der Waals surface area contributed by atoms with Gasteiger partial charge in [-0.25, -0.2) is 0 Å². The summed E-state index contributed by atoms with van der Waals surface area (Å²) in [6.07, 6.45) is 4.39. The van der Waals surface area contributed by atoms with Crippen molar-refractivity contribution >= 4 is 17.7 Å². The Hall–Kier alpha value is -0.500. The van der Waals surface area contributed by atoms with Crippen LogP contribution in [-0.4, -0.2) is 87.1 Å². The number of guanidine groups is 1. The first-order chi connectivity index (χ1) is 11.5. The van der Waals surface area contributed by atoms with Crippen molar-refractivity contribution < 1.29 is 9.47 Å². The highest BCUT2D eigenvalue weighted by molar-refractivity contribution is 8.00. The summed E-state index contributed by atoms with van der Waals surface area (Å²) in [7, 11) is 1.84. The zero-order chi connectivity index (χ0) is 17.5. The largest absolute Gasteiger partial charge is 0.381 e. The summed E-state index contributed by atoms with van der Waals surface area (Å²) in [4.78, 5) is 6.88. The second-order valence-electron chi connectivity index (χ2n) is 7.19. The number of hydrogen-bond acceptors (Lipinski definition) is 5. The van der Waals surface area contributed by atoms with Gasteiger partial charge < -0.3 is 20.1 Å². The summed E-state index contributed by atoms with van der Waals surface area (Å²) < 4.78 is 11.2. The molecule has 0 radical (unpaired) electrons. The Morgan fingerprint density at radius 3 is 2.33 bits per heavy atom. The molecule has 2 aliphatic rings. The van der Waals surface area contributed by atoms with E-state index in [9.17, 15) is 0 Å². The van der Waals surface area contributed by atoms with Crippen molar-refractivity contribution in [3.8, 4) is 0 Å². The molecule has 0 aromatic heterocycles. The normalized spacial score (nSPS) is 23.1. The quantitative estimate of drug-likeness (QED) is 0.549. The minimum Gasteiger partial charge on any atom is -0.381 e. The third-order valence-corrected chi connectivity index (χ3v) is 6.61. The first-order valence-corrected chi connectivity index (χ1v) is 10.1. The predicted octanol–water partition coefficient (Wildman–Crippen LogP) is 1.17. The molecule has 2 aliphatic heterocycles. The molecule has 0 saturated carbocycles. The number of morpholine rings is 1. The van der Waals surface area contributed by atoms with Crippen LogP contribution >= 0.6 is 11.8 Å². The molecule has 2 fully saturated rings. The molecule has 0 spiro atoms. The van der Waals surface area contributed by atoms with Crippen LogP contribution in [0.3, 0.4) is 0 Å². The fourth-order valence-corrected chi connectivity index (χ4v) is 4.03. The number of rotatable bonds is 6. The van der Waals surface area contributed by atoms with E-state index in [0.717, 1.165) is 71.4 Å². The minimum absolute atomic E-state index is 0.0806. The van der Waals surface area contributed by atoms with Crippen molar-refractivity contribution in [3.63, 3.8) is 0 Å². The highest BCUT2D eigenvalue weighted by Gasteiger charge is 2.32. The fourth-order valence-electron chi connectivity index (χ4n) is 3.24. The van der Waals surface area contributed by atoms with E-state index < -0.39 is 0 Å². The monoisotopic (exact) mass is 358 g/mol. The van der Waals surface area contributed by atoms with E-state index in [-0.39, 0.29) is 10.3 Å². The smallest absolute Gasteiger partial charge is 0.191 e. The minimum atomic E-state index is 0.0806. The lowest BCUT2D eigenvalue weighted by molar-refractivity contribution is -0.00834. The molecule has 0 amide bonds. The molecule has 0 aromatic carbocycles. The van der Waals surface area contributed by atoms with Gasteiger partial charge >= 0.3 is 0 Å². The number of thioether (sulfide) groups is 1. The molecule has 2 saturated heterocycles. The van der Waals surface area contributed by atoms with Crippen molar-refractivity contribution in [2.24, 2.45) is 4.99 Å². The van der Waals surface area contributed by atoms with Crippen LogP contribution in [0.2, 0.25) is 0 Å². The first kappa shape index (κ1) is 19.8. The molecule has 2 heterocycles. The predicted molar refractivity (Wildman–Crippen MR) is 102 cm³/mol. The van der Waals surface area contributed by atoms with Gasteiger partial charge in [0, 0.05) is 56.7 Å². The zero-order valence-corrected chi connectivity index (χ0v) is 16.5. The number of nitrogens with one attached hydrogen (secondary N) is 2. The van der Waals surface area contributed by atoms with Crippen LogP contribution in [0.15, 0.2) is 4.99 Å². The molecular formula is C17H34N4O2S. The summed E-state index contributed by atoms with van der Waals surface area (Å²) in [5, 5.41) is 7.03. The lowest BCUT2D eigenvalue weighted by atomic mass is 9.99. The number of ether oxygens (including phenoxy) is 2. The Morgan fingerprint density at radius 1 is 1.12 bits per heavy atom. The maximum Gasteiger partial charge on any atom is 0.191 e. The first-order valence-electron chi connectivity index (χ1n) is 8.92. The Morgan fingerprint density at radius 2 is 1.75 bits per heavy atom. The molecule has 0 unspecified atom stereocenters. The Labute approximate surface area is 151 Å². The molecule has 0 atom stereocenters. The highest BCUT2D eigenvalue weighted by Crippen LogP contribution is 2.32. The van der Waals surface area contributed by atoms with E-state index >= 15 is 0 Å². The van der Waals surface area contributed by atoms with E-state index in [1.165, 1.54) is 0 Å². The van der Waals surface area contributed by atoms with Crippen LogP contribution in [0.25, 0.3) is 0 Å². The molecule has 0 aliphatic carbocycles. The Balaban J connectivity index is 1.81. The molecule has 6 nitrogen and oxygen atoms in total. The van der Waals surface area contributed by atoms with Crippen molar-refractivity contribution in [1.29, 1.82) is 0 Å². The second kappa shape index (κ2) is 9.27. The van der Waals surface area contributed by atoms with Crippen molar-refractivity contribution in [2.45, 2.75) is 37.0 Å². The Bertz CT molecular complexity index is 405. The summed E-state index contributed by atoms with van der Waals surface area (Å²) in [6.45, 7) is 11.7. The fraction of sp³-hybridized carbons (Fsp3) is 0.941.